The molecular formula is C14H10Cl2N3NaO5S. The molecule has 0 saturated carbocycles. The number of aromatic hydroxyl groups is 1. The van der Waals surface area contributed by atoms with Gasteiger partial charge in [-0.05, 0) is 30.3 Å². The van der Waals surface area contributed by atoms with E-state index in [4.69, 9.17) is 23.2 Å². The van der Waals surface area contributed by atoms with Crippen LogP contribution in [0, 0.1) is 0 Å². The average molecular weight is 426 g/mol. The number of anilines is 1. The number of amides is 1. The number of phenolic OH excluding ortho intramolecular Hbond substituents is 1. The molecule has 1 amide bonds. The van der Waals surface area contributed by atoms with E-state index >= 15 is 0 Å². The van der Waals surface area contributed by atoms with Crippen LogP contribution in [0.25, 0.3) is 0 Å². The molecule has 0 fully saturated rings. The summed E-state index contributed by atoms with van der Waals surface area (Å²) in [5.74, 6) is -0.739. The normalized spacial score (nSPS) is 11.2. The standard InChI is InChI=1S/C14H11Cl2N3O5S.Na/c1-7(20)17-13-5-8(4-11(16)14(13)21)18-19-12-3-2-9(6-10(12)15)25(22,23)24;/h2-6,21H,1H3,(H,17,20)(H,22,23,24);/q;+1/p-1. The van der Waals surface area contributed by atoms with Crippen LogP contribution >= 0.6 is 23.2 Å². The number of azo groups is 1. The Bertz CT molecular complexity index is 983. The summed E-state index contributed by atoms with van der Waals surface area (Å²) in [6.07, 6.45) is 0. The van der Waals surface area contributed by atoms with Gasteiger partial charge in [-0.2, -0.15) is 5.11 Å². The number of carbonyl (C=O) groups excluding carboxylic acids is 1. The number of nitrogens with one attached hydrogen (secondary N) is 1. The van der Waals surface area contributed by atoms with Crippen molar-refractivity contribution in [2.45, 2.75) is 11.8 Å². The van der Waals surface area contributed by atoms with Crippen molar-refractivity contribution in [3.63, 3.8) is 0 Å². The molecule has 132 valence electrons. The first-order chi connectivity index (χ1) is 11.6. The maximum absolute atomic E-state index is 11.1. The molecular weight excluding hydrogens is 416 g/mol. The van der Waals surface area contributed by atoms with Crippen molar-refractivity contribution in [2.75, 3.05) is 5.32 Å². The van der Waals surface area contributed by atoms with Gasteiger partial charge in [0, 0.05) is 6.92 Å². The van der Waals surface area contributed by atoms with Crippen LogP contribution in [0.5, 0.6) is 5.75 Å². The summed E-state index contributed by atoms with van der Waals surface area (Å²) in [5, 5.41) is 19.7. The molecule has 26 heavy (non-hydrogen) atoms. The Morgan fingerprint density at radius 1 is 1.15 bits per heavy atom. The minimum atomic E-state index is -4.63. The summed E-state index contributed by atoms with van der Waals surface area (Å²) >= 11 is 11.7. The Hall–Kier alpha value is -1.20. The van der Waals surface area contributed by atoms with E-state index in [2.05, 4.69) is 15.5 Å². The number of benzene rings is 2. The van der Waals surface area contributed by atoms with E-state index in [1.54, 1.807) is 0 Å². The predicted octanol–water partition coefficient (Wildman–Crippen LogP) is 0.981. The van der Waals surface area contributed by atoms with Gasteiger partial charge in [-0.15, -0.1) is 5.11 Å². The second-order valence-corrected chi connectivity index (χ2v) is 6.97. The van der Waals surface area contributed by atoms with Crippen LogP contribution in [-0.4, -0.2) is 24.0 Å². The zero-order valence-corrected chi connectivity index (χ0v) is 17.9. The number of hydrogen-bond donors (Lipinski definition) is 2. The van der Waals surface area contributed by atoms with Crippen molar-refractivity contribution < 1.29 is 52.4 Å². The first-order valence-electron chi connectivity index (χ1n) is 6.55. The van der Waals surface area contributed by atoms with Gasteiger partial charge in [-0.25, -0.2) is 8.42 Å². The summed E-state index contributed by atoms with van der Waals surface area (Å²) in [5.41, 5.74) is 0.357. The molecule has 2 aromatic rings. The van der Waals surface area contributed by atoms with Crippen molar-refractivity contribution >= 4 is 56.3 Å². The van der Waals surface area contributed by atoms with E-state index in [0.717, 1.165) is 12.1 Å². The Kier molecular flexibility index (Phi) is 8.03. The van der Waals surface area contributed by atoms with Gasteiger partial charge < -0.3 is 15.0 Å². The minimum absolute atomic E-state index is 0. The number of halogens is 2. The van der Waals surface area contributed by atoms with E-state index in [9.17, 15) is 22.9 Å². The van der Waals surface area contributed by atoms with Gasteiger partial charge >= 0.3 is 29.6 Å². The van der Waals surface area contributed by atoms with E-state index < -0.39 is 20.9 Å². The Balaban J connectivity index is 0.00000338. The van der Waals surface area contributed by atoms with Crippen LogP contribution in [0.2, 0.25) is 10.0 Å². The zero-order chi connectivity index (χ0) is 18.8. The second kappa shape index (κ2) is 9.14. The fraction of sp³-hybridized carbons (Fsp3) is 0.0714. The molecule has 0 spiro atoms. The largest absolute Gasteiger partial charge is 1.00 e. The molecule has 0 radical (unpaired) electrons. The second-order valence-electron chi connectivity index (χ2n) is 4.77. The van der Waals surface area contributed by atoms with Crippen molar-refractivity contribution in [2.24, 2.45) is 10.2 Å². The van der Waals surface area contributed by atoms with Gasteiger partial charge in [0.25, 0.3) is 0 Å². The number of hydrogen-bond acceptors (Lipinski definition) is 7. The summed E-state index contributed by atoms with van der Waals surface area (Å²) in [6, 6.07) is 5.86. The van der Waals surface area contributed by atoms with E-state index in [1.807, 2.05) is 0 Å². The summed E-state index contributed by atoms with van der Waals surface area (Å²) in [7, 11) is -4.63. The third-order valence-electron chi connectivity index (χ3n) is 2.84. The maximum Gasteiger partial charge on any atom is 1.00 e. The smallest absolute Gasteiger partial charge is 0.744 e. The SMILES string of the molecule is CC(=O)Nc1cc(N=Nc2ccc(S(=O)(=O)[O-])cc2Cl)cc(Cl)c1O.[Na+]. The third kappa shape index (κ3) is 5.92. The quantitative estimate of drug-likeness (QED) is 0.326. The minimum Gasteiger partial charge on any atom is -0.744 e. The average Bonchev–Trinajstić information content (AvgIpc) is 2.49. The molecule has 0 aliphatic rings. The van der Waals surface area contributed by atoms with E-state index in [1.165, 1.54) is 25.1 Å². The number of nitrogens with zero attached hydrogens (tertiary/aromatic N) is 2. The molecule has 0 aromatic heterocycles. The van der Waals surface area contributed by atoms with Gasteiger partial charge in [-0.1, -0.05) is 23.2 Å². The number of phenols is 1. The van der Waals surface area contributed by atoms with Gasteiger partial charge in [0.05, 0.1) is 26.3 Å². The van der Waals surface area contributed by atoms with Gasteiger partial charge in [0.1, 0.15) is 15.8 Å². The first kappa shape index (κ1) is 22.8. The van der Waals surface area contributed by atoms with E-state index in [0.29, 0.717) is 0 Å². The fourth-order valence-electron chi connectivity index (χ4n) is 1.76. The monoisotopic (exact) mass is 425 g/mol. The third-order valence-corrected chi connectivity index (χ3v) is 4.26. The summed E-state index contributed by atoms with van der Waals surface area (Å²) < 4.78 is 32.8. The van der Waals surface area contributed by atoms with Gasteiger partial charge in [0.2, 0.25) is 5.91 Å². The van der Waals surface area contributed by atoms with Crippen molar-refractivity contribution in [3.05, 3.63) is 40.4 Å². The Morgan fingerprint density at radius 3 is 2.35 bits per heavy atom. The molecule has 2 N–H and O–H groups in total. The van der Waals surface area contributed by atoms with Gasteiger partial charge in [-0.3, -0.25) is 4.79 Å². The van der Waals surface area contributed by atoms with Crippen LogP contribution < -0.4 is 34.9 Å². The molecule has 0 bridgehead atoms. The zero-order valence-electron chi connectivity index (χ0n) is 13.5. The fourth-order valence-corrected chi connectivity index (χ4v) is 2.76. The topological polar surface area (TPSA) is 131 Å². The van der Waals surface area contributed by atoms with Crippen molar-refractivity contribution in [3.8, 4) is 5.75 Å². The first-order valence-corrected chi connectivity index (χ1v) is 8.71. The number of carbonyl (C=O) groups is 1. The van der Waals surface area contributed by atoms with Crippen LogP contribution in [0.1, 0.15) is 6.92 Å². The van der Waals surface area contributed by atoms with Crippen molar-refractivity contribution in [1.82, 2.24) is 0 Å². The van der Waals surface area contributed by atoms with Crippen LogP contribution in [-0.2, 0) is 14.9 Å². The predicted molar refractivity (Wildman–Crippen MR) is 91.0 cm³/mol. The van der Waals surface area contributed by atoms with Crippen molar-refractivity contribution in [1.29, 1.82) is 0 Å². The molecule has 2 aromatic carbocycles. The van der Waals surface area contributed by atoms with Crippen LogP contribution in [0.3, 0.4) is 0 Å². The van der Waals surface area contributed by atoms with E-state index in [-0.39, 0.29) is 62.4 Å². The molecule has 0 aliphatic heterocycles. The van der Waals surface area contributed by atoms with Crippen LogP contribution in [0.4, 0.5) is 17.1 Å². The Labute approximate surface area is 181 Å². The van der Waals surface area contributed by atoms with Crippen LogP contribution in [0.15, 0.2) is 45.5 Å². The van der Waals surface area contributed by atoms with Gasteiger partial charge in [0.15, 0.2) is 5.75 Å². The number of rotatable bonds is 4. The molecule has 0 saturated heterocycles. The molecule has 2 rings (SSSR count). The molecule has 0 atom stereocenters. The summed E-state index contributed by atoms with van der Waals surface area (Å²) in [6.45, 7) is 1.26. The molecule has 0 aliphatic carbocycles. The molecule has 8 nitrogen and oxygen atoms in total. The Morgan fingerprint density at radius 2 is 1.81 bits per heavy atom. The molecule has 0 unspecified atom stereocenters. The summed E-state index contributed by atoms with van der Waals surface area (Å²) in [4.78, 5) is 10.6. The molecule has 0 heterocycles. The molecule has 12 heteroatoms. The maximum atomic E-state index is 11.1.